The molecule has 0 saturated heterocycles. The Morgan fingerprint density at radius 1 is 1.35 bits per heavy atom. The van der Waals surface area contributed by atoms with Crippen LogP contribution in [0.25, 0.3) is 22.4 Å². The van der Waals surface area contributed by atoms with E-state index in [9.17, 15) is 22.4 Å². The maximum absolute atomic E-state index is 13.6. The van der Waals surface area contributed by atoms with Gasteiger partial charge in [0.2, 0.25) is 0 Å². The molecule has 120 valence electrons. The van der Waals surface area contributed by atoms with Crippen LogP contribution in [0.1, 0.15) is 0 Å². The highest BCUT2D eigenvalue weighted by Gasteiger charge is 2.20. The Morgan fingerprint density at radius 3 is 2.74 bits per heavy atom. The molecule has 0 aliphatic carbocycles. The summed E-state index contributed by atoms with van der Waals surface area (Å²) in [6.07, 6.45) is 0.933. The van der Waals surface area contributed by atoms with E-state index in [1.165, 1.54) is 0 Å². The summed E-state index contributed by atoms with van der Waals surface area (Å²) in [5.41, 5.74) is -1.10. The molecule has 1 N–H and O–H groups in total. The molecule has 2 heterocycles. The van der Waals surface area contributed by atoms with E-state index < -0.39 is 40.6 Å². The first kappa shape index (κ1) is 15.3. The Bertz CT molecular complexity index is 957. The molecule has 0 unspecified atom stereocenters. The largest absolute Gasteiger partial charge is 0.417 e. The zero-order valence-corrected chi connectivity index (χ0v) is 11.5. The summed E-state index contributed by atoms with van der Waals surface area (Å²) in [7, 11) is 0. The molecule has 11 heteroatoms. The molecule has 0 saturated carbocycles. The second-order valence-corrected chi connectivity index (χ2v) is 4.53. The monoisotopic (exact) mass is 349 g/mol. The topological polar surface area (TPSA) is 81.0 Å². The zero-order chi connectivity index (χ0) is 16.7. The van der Waals surface area contributed by atoms with Gasteiger partial charge in [0.15, 0.2) is 22.4 Å². The summed E-state index contributed by atoms with van der Waals surface area (Å²) in [4.78, 5) is 20.4. The number of alkyl halides is 2. The Balaban J connectivity index is 2.19. The van der Waals surface area contributed by atoms with Crippen molar-refractivity contribution >= 4 is 22.7 Å². The summed E-state index contributed by atoms with van der Waals surface area (Å²) >= 11 is 5.65. The van der Waals surface area contributed by atoms with Crippen LogP contribution in [0, 0.1) is 11.6 Å². The zero-order valence-electron chi connectivity index (χ0n) is 10.7. The highest BCUT2D eigenvalue weighted by atomic mass is 35.5. The average Bonchev–Trinajstić information content (AvgIpc) is 2.87. The van der Waals surface area contributed by atoms with Crippen LogP contribution in [0.5, 0.6) is 5.88 Å². The minimum atomic E-state index is -3.16. The highest BCUT2D eigenvalue weighted by molar-refractivity contribution is 6.30. The number of nitrogens with one attached hydrogen (secondary N) is 1. The van der Waals surface area contributed by atoms with Crippen molar-refractivity contribution in [2.45, 2.75) is 6.61 Å². The van der Waals surface area contributed by atoms with Gasteiger partial charge in [-0.25, -0.2) is 23.5 Å². The maximum Gasteiger partial charge on any atom is 0.417 e. The van der Waals surface area contributed by atoms with Crippen molar-refractivity contribution in [3.63, 3.8) is 0 Å². The fourth-order valence-electron chi connectivity index (χ4n) is 1.89. The highest BCUT2D eigenvalue weighted by Crippen LogP contribution is 2.31. The van der Waals surface area contributed by atoms with Gasteiger partial charge < -0.3 is 9.15 Å². The van der Waals surface area contributed by atoms with Crippen LogP contribution in [0.3, 0.4) is 0 Å². The van der Waals surface area contributed by atoms with Crippen molar-refractivity contribution in [2.24, 2.45) is 0 Å². The van der Waals surface area contributed by atoms with Crippen molar-refractivity contribution in [3.05, 3.63) is 39.6 Å². The molecule has 0 radical (unpaired) electrons. The minimum Gasteiger partial charge on any atom is -0.414 e. The number of halogens is 5. The number of hydrogen-bond acceptors (Lipinski definition) is 5. The fraction of sp³-hybridized carbons (Fsp3) is 0.0833. The second kappa shape index (κ2) is 5.54. The van der Waals surface area contributed by atoms with Gasteiger partial charge >= 0.3 is 12.4 Å². The predicted molar refractivity (Wildman–Crippen MR) is 69.4 cm³/mol. The van der Waals surface area contributed by atoms with Crippen molar-refractivity contribution in [3.8, 4) is 17.1 Å². The number of ether oxygens (including phenoxy) is 1. The van der Waals surface area contributed by atoms with Crippen LogP contribution < -0.4 is 10.5 Å². The first-order valence-corrected chi connectivity index (χ1v) is 6.23. The van der Waals surface area contributed by atoms with Gasteiger partial charge in [0.05, 0.1) is 17.5 Å². The molecule has 0 bridgehead atoms. The Labute approximate surface area is 128 Å². The van der Waals surface area contributed by atoms with Gasteiger partial charge in [0.25, 0.3) is 5.88 Å². The van der Waals surface area contributed by atoms with E-state index >= 15 is 0 Å². The van der Waals surface area contributed by atoms with Gasteiger partial charge in [-0.1, -0.05) is 11.6 Å². The van der Waals surface area contributed by atoms with Crippen molar-refractivity contribution in [1.82, 2.24) is 15.0 Å². The molecule has 1 aromatic carbocycles. The number of hydrogen-bond donors (Lipinski definition) is 1. The Morgan fingerprint density at radius 2 is 2.09 bits per heavy atom. The second-order valence-electron chi connectivity index (χ2n) is 4.17. The average molecular weight is 350 g/mol. The van der Waals surface area contributed by atoms with Gasteiger partial charge in [-0.05, 0) is 6.07 Å². The molecule has 0 fully saturated rings. The molecule has 0 spiro atoms. The van der Waals surface area contributed by atoms with E-state index in [0.29, 0.717) is 6.07 Å². The Kier molecular flexibility index (Phi) is 3.68. The number of nitrogens with zero attached hydrogens (tertiary/aromatic N) is 2. The summed E-state index contributed by atoms with van der Waals surface area (Å²) < 4.78 is 60.3. The molecule has 6 nitrogen and oxygen atoms in total. The number of oxazole rings is 1. The Hall–Kier alpha value is -2.62. The molecule has 3 rings (SSSR count). The van der Waals surface area contributed by atoms with E-state index in [1.807, 2.05) is 4.98 Å². The van der Waals surface area contributed by atoms with Crippen molar-refractivity contribution < 1.29 is 26.7 Å². The molecule has 0 aliphatic heterocycles. The van der Waals surface area contributed by atoms with E-state index in [1.54, 1.807) is 0 Å². The van der Waals surface area contributed by atoms with Gasteiger partial charge in [0.1, 0.15) is 5.52 Å². The van der Waals surface area contributed by atoms with Crippen molar-refractivity contribution in [1.29, 1.82) is 0 Å². The third kappa shape index (κ3) is 2.72. The minimum absolute atomic E-state index is 0.136. The number of H-pyrrole nitrogens is 1. The first-order chi connectivity index (χ1) is 10.9. The molecule has 0 aliphatic rings. The number of benzene rings is 1. The molecule has 2 aromatic heterocycles. The van der Waals surface area contributed by atoms with E-state index in [0.717, 1.165) is 6.20 Å². The number of aromatic nitrogens is 3. The smallest absolute Gasteiger partial charge is 0.414 e. The molecule has 23 heavy (non-hydrogen) atoms. The lowest BCUT2D eigenvalue weighted by atomic mass is 10.1. The van der Waals surface area contributed by atoms with E-state index in [4.69, 9.17) is 16.0 Å². The van der Waals surface area contributed by atoms with E-state index in [2.05, 4.69) is 14.7 Å². The van der Waals surface area contributed by atoms with Crippen LogP contribution in [0.15, 0.2) is 21.5 Å². The number of fused-ring (bicyclic) bond motifs is 1. The molecular formula is C12H4ClF4N3O3. The van der Waals surface area contributed by atoms with Gasteiger partial charge in [0, 0.05) is 0 Å². The maximum atomic E-state index is 13.6. The van der Waals surface area contributed by atoms with Crippen molar-refractivity contribution in [2.75, 3.05) is 0 Å². The van der Waals surface area contributed by atoms with Crippen LogP contribution >= 0.6 is 11.6 Å². The first-order valence-electron chi connectivity index (χ1n) is 5.85. The standard InChI is InChI=1S/C12H4ClF4N3O3/c13-9-10(23-11(16)17)18-2-5(19-9)3-1-4(14)6(15)7-8(3)22-12(21)20-7/h1-2,11H,(H,20,21). The lowest BCUT2D eigenvalue weighted by molar-refractivity contribution is -0.0530. The van der Waals surface area contributed by atoms with E-state index in [-0.39, 0.29) is 16.8 Å². The lowest BCUT2D eigenvalue weighted by Gasteiger charge is -2.07. The van der Waals surface area contributed by atoms with Crippen LogP contribution in [-0.4, -0.2) is 21.6 Å². The van der Waals surface area contributed by atoms with Gasteiger partial charge in [-0.15, -0.1) is 0 Å². The summed E-state index contributed by atoms with van der Waals surface area (Å²) in [6.45, 7) is -3.16. The normalized spacial score (nSPS) is 11.4. The SMILES string of the molecule is O=c1[nH]c2c(F)c(F)cc(-c3cnc(OC(F)F)c(Cl)n3)c2o1. The van der Waals surface area contributed by atoms with Crippen LogP contribution in [-0.2, 0) is 0 Å². The fourth-order valence-corrected chi connectivity index (χ4v) is 2.07. The third-order valence-corrected chi connectivity index (χ3v) is 3.02. The summed E-state index contributed by atoms with van der Waals surface area (Å²) in [6, 6.07) is 0.711. The van der Waals surface area contributed by atoms with Gasteiger partial charge in [-0.3, -0.25) is 4.98 Å². The summed E-state index contributed by atoms with van der Waals surface area (Å²) in [5.74, 6) is -4.25. The quantitative estimate of drug-likeness (QED) is 0.735. The third-order valence-electron chi connectivity index (χ3n) is 2.77. The van der Waals surface area contributed by atoms with Crippen LogP contribution in [0.4, 0.5) is 17.6 Å². The molecule has 3 aromatic rings. The van der Waals surface area contributed by atoms with Crippen LogP contribution in [0.2, 0.25) is 5.15 Å². The number of aromatic amines is 1. The van der Waals surface area contributed by atoms with Gasteiger partial charge in [-0.2, -0.15) is 8.78 Å². The predicted octanol–water partition coefficient (Wildman–Crippen LogP) is 3.11. The molecular weight excluding hydrogens is 346 g/mol. The number of rotatable bonds is 3. The molecule has 0 atom stereocenters. The summed E-state index contributed by atoms with van der Waals surface area (Å²) in [5, 5.41) is -0.529. The lowest BCUT2D eigenvalue weighted by Crippen LogP contribution is -2.05. The molecule has 0 amide bonds.